The Labute approximate surface area is 120 Å². The molecule has 3 heterocycles. The van der Waals surface area contributed by atoms with Crippen LogP contribution >= 0.6 is 0 Å². The maximum absolute atomic E-state index is 10.1. The van der Waals surface area contributed by atoms with Crippen molar-refractivity contribution in [3.63, 3.8) is 0 Å². The summed E-state index contributed by atoms with van der Waals surface area (Å²) < 4.78 is 10.3. The molecule has 9 heteroatoms. The van der Waals surface area contributed by atoms with E-state index in [2.05, 4.69) is 0 Å². The van der Waals surface area contributed by atoms with Gasteiger partial charge in [-0.3, -0.25) is 4.90 Å². The normalized spacial score (nSPS) is 46.6. The van der Waals surface area contributed by atoms with Gasteiger partial charge in [-0.15, -0.1) is 0 Å². The number of ether oxygens (including phenoxy) is 2. The van der Waals surface area contributed by atoms with Crippen molar-refractivity contribution >= 4 is 0 Å². The fraction of sp³-hybridized carbons (Fsp3) is 1.00. The van der Waals surface area contributed by atoms with Crippen LogP contribution in [0.4, 0.5) is 0 Å². The third-order valence-electron chi connectivity index (χ3n) is 4.52. The molecule has 3 saturated heterocycles. The Morgan fingerprint density at radius 1 is 1.14 bits per heavy atom. The predicted molar refractivity (Wildman–Crippen MR) is 66.0 cm³/mol. The van der Waals surface area contributed by atoms with Crippen molar-refractivity contribution in [1.82, 2.24) is 4.90 Å². The van der Waals surface area contributed by atoms with Crippen molar-refractivity contribution in [2.45, 2.75) is 48.4 Å². The van der Waals surface area contributed by atoms with Crippen LogP contribution in [0.25, 0.3) is 0 Å². The van der Waals surface area contributed by atoms with Gasteiger partial charge in [0, 0.05) is 6.54 Å². The monoisotopic (exact) mass is 307 g/mol. The number of aliphatic hydroxyl groups is 6. The maximum atomic E-state index is 10.1. The number of rotatable bonds is 8. The molecule has 0 saturated carbocycles. The van der Waals surface area contributed by atoms with E-state index in [4.69, 9.17) is 19.7 Å². The van der Waals surface area contributed by atoms with Gasteiger partial charge in [0.1, 0.15) is 36.2 Å². The average Bonchev–Trinajstić information content (AvgIpc) is 3.37. The van der Waals surface area contributed by atoms with Crippen LogP contribution in [0.15, 0.2) is 0 Å². The Kier molecular flexibility index (Phi) is 3.97. The molecule has 0 aromatic carbocycles. The zero-order valence-corrected chi connectivity index (χ0v) is 11.3. The van der Waals surface area contributed by atoms with E-state index in [1.165, 1.54) is 0 Å². The largest absolute Gasteiger partial charge is 0.394 e. The van der Waals surface area contributed by atoms with Crippen LogP contribution in [0.3, 0.4) is 0 Å². The van der Waals surface area contributed by atoms with Crippen molar-refractivity contribution < 1.29 is 40.1 Å². The molecule has 0 aromatic heterocycles. The highest BCUT2D eigenvalue weighted by molar-refractivity contribution is 5.12. The van der Waals surface area contributed by atoms with Crippen LogP contribution < -0.4 is 0 Å². The summed E-state index contributed by atoms with van der Waals surface area (Å²) in [6.45, 7) is -0.314. The van der Waals surface area contributed by atoms with Crippen molar-refractivity contribution in [2.24, 2.45) is 0 Å². The zero-order chi connectivity index (χ0) is 15.4. The molecular weight excluding hydrogens is 286 g/mol. The lowest BCUT2D eigenvalue weighted by Gasteiger charge is -2.26. The number of aliphatic hydroxyl groups excluding tert-OH is 6. The molecule has 3 rings (SSSR count). The standard InChI is InChI=1S/C12H21NO8/c14-2-6(16)5-1-13(5)11-9(21-11)8(18)10(19)12(4-20-12)7(17)3-15/h5-11,14-19H,1-4H2. The van der Waals surface area contributed by atoms with E-state index in [-0.39, 0.29) is 19.3 Å². The molecule has 3 aliphatic rings. The molecule has 0 radical (unpaired) electrons. The SMILES string of the molecule is OCC(O)C1CN1C1OC1C(O)C(O)C1(C(O)CO)CO1. The van der Waals surface area contributed by atoms with Gasteiger partial charge >= 0.3 is 0 Å². The molecule has 9 atom stereocenters. The number of hydrogen-bond acceptors (Lipinski definition) is 9. The molecule has 0 aromatic rings. The first kappa shape index (κ1) is 15.5. The summed E-state index contributed by atoms with van der Waals surface area (Å²) in [5.41, 5.74) is -1.34. The number of epoxide rings is 2. The van der Waals surface area contributed by atoms with E-state index in [0.29, 0.717) is 6.54 Å². The molecule has 6 N–H and O–H groups in total. The summed E-state index contributed by atoms with van der Waals surface area (Å²) in [6, 6.07) is -0.205. The zero-order valence-electron chi connectivity index (χ0n) is 11.3. The van der Waals surface area contributed by atoms with Crippen LogP contribution in [0, 0.1) is 0 Å². The Morgan fingerprint density at radius 2 is 1.81 bits per heavy atom. The van der Waals surface area contributed by atoms with Gasteiger partial charge < -0.3 is 40.1 Å². The lowest BCUT2D eigenvalue weighted by molar-refractivity contribution is -0.0908. The Bertz CT molecular complexity index is 391. The first-order valence-corrected chi connectivity index (χ1v) is 6.95. The first-order valence-electron chi connectivity index (χ1n) is 6.95. The Balaban J connectivity index is 1.53. The van der Waals surface area contributed by atoms with Crippen molar-refractivity contribution in [2.75, 3.05) is 26.4 Å². The highest BCUT2D eigenvalue weighted by Gasteiger charge is 2.65. The summed E-state index contributed by atoms with van der Waals surface area (Å²) in [7, 11) is 0. The lowest BCUT2D eigenvalue weighted by atomic mass is 9.91. The van der Waals surface area contributed by atoms with Crippen molar-refractivity contribution in [3.05, 3.63) is 0 Å². The quantitative estimate of drug-likeness (QED) is 0.244. The molecule has 0 bridgehead atoms. The minimum Gasteiger partial charge on any atom is -0.394 e. The van der Waals surface area contributed by atoms with Gasteiger partial charge in [0.05, 0.1) is 32.0 Å². The predicted octanol–water partition coefficient (Wildman–Crippen LogP) is -4.41. The third-order valence-corrected chi connectivity index (χ3v) is 4.52. The Morgan fingerprint density at radius 3 is 2.33 bits per heavy atom. The van der Waals surface area contributed by atoms with Crippen LogP contribution in [0.1, 0.15) is 0 Å². The van der Waals surface area contributed by atoms with Crippen molar-refractivity contribution in [3.8, 4) is 0 Å². The highest BCUT2D eigenvalue weighted by Crippen LogP contribution is 2.43. The van der Waals surface area contributed by atoms with Gasteiger partial charge in [0.25, 0.3) is 0 Å². The minimum atomic E-state index is -1.38. The van der Waals surface area contributed by atoms with E-state index in [1.807, 2.05) is 0 Å². The molecule has 0 spiro atoms. The highest BCUT2D eigenvalue weighted by atomic mass is 16.6. The Hall–Kier alpha value is -0.360. The first-order chi connectivity index (χ1) is 9.96. The van der Waals surface area contributed by atoms with Crippen LogP contribution in [0.5, 0.6) is 0 Å². The lowest BCUT2D eigenvalue weighted by Crippen LogP contribution is -2.51. The smallest absolute Gasteiger partial charge is 0.148 e. The number of nitrogens with zero attached hydrogens (tertiary/aromatic N) is 1. The molecule has 9 unspecified atom stereocenters. The molecule has 9 nitrogen and oxygen atoms in total. The van der Waals surface area contributed by atoms with Gasteiger partial charge in [-0.05, 0) is 0 Å². The van der Waals surface area contributed by atoms with Crippen LogP contribution in [-0.4, -0.2) is 110 Å². The van der Waals surface area contributed by atoms with E-state index < -0.39 is 49.0 Å². The maximum Gasteiger partial charge on any atom is 0.148 e. The summed E-state index contributed by atoms with van der Waals surface area (Å²) >= 11 is 0. The second-order valence-electron chi connectivity index (χ2n) is 5.88. The average molecular weight is 307 g/mol. The fourth-order valence-corrected chi connectivity index (χ4v) is 2.82. The minimum absolute atomic E-state index is 0.0555. The molecular formula is C12H21NO8. The summed E-state index contributed by atoms with van der Waals surface area (Å²) in [6.07, 6.45) is -5.86. The molecule has 0 amide bonds. The van der Waals surface area contributed by atoms with E-state index in [9.17, 15) is 20.4 Å². The summed E-state index contributed by atoms with van der Waals surface area (Å²) in [5, 5.41) is 57.2. The molecule has 0 aliphatic carbocycles. The topological polar surface area (TPSA) is 149 Å². The molecule has 3 aliphatic heterocycles. The summed E-state index contributed by atoms with van der Waals surface area (Å²) in [5.74, 6) is 0. The third kappa shape index (κ3) is 2.58. The molecule has 3 fully saturated rings. The fourth-order valence-electron chi connectivity index (χ4n) is 2.82. The van der Waals surface area contributed by atoms with Crippen LogP contribution in [-0.2, 0) is 9.47 Å². The van der Waals surface area contributed by atoms with Gasteiger partial charge in [0.2, 0.25) is 0 Å². The van der Waals surface area contributed by atoms with E-state index in [1.54, 1.807) is 4.90 Å². The number of hydrogen-bond donors (Lipinski definition) is 6. The summed E-state index contributed by atoms with van der Waals surface area (Å²) in [4.78, 5) is 1.77. The second-order valence-corrected chi connectivity index (χ2v) is 5.88. The van der Waals surface area contributed by atoms with Crippen LogP contribution in [0.2, 0.25) is 0 Å². The van der Waals surface area contributed by atoms with Crippen molar-refractivity contribution in [1.29, 1.82) is 0 Å². The second kappa shape index (κ2) is 5.37. The molecule has 122 valence electrons. The van der Waals surface area contributed by atoms with Gasteiger partial charge in [-0.1, -0.05) is 0 Å². The van der Waals surface area contributed by atoms with E-state index in [0.717, 1.165) is 0 Å². The van der Waals surface area contributed by atoms with E-state index >= 15 is 0 Å². The van der Waals surface area contributed by atoms with Gasteiger partial charge in [0.15, 0.2) is 0 Å². The van der Waals surface area contributed by atoms with Gasteiger partial charge in [-0.2, -0.15) is 0 Å². The van der Waals surface area contributed by atoms with Gasteiger partial charge in [-0.25, -0.2) is 0 Å². The molecule has 21 heavy (non-hydrogen) atoms.